The van der Waals surface area contributed by atoms with Crippen LogP contribution in [0.2, 0.25) is 0 Å². The summed E-state index contributed by atoms with van der Waals surface area (Å²) in [5.74, 6) is 2.37. The molecule has 0 aliphatic rings. The molecule has 8 heteroatoms. The first-order valence-corrected chi connectivity index (χ1v) is 12.3. The smallest absolute Gasteiger partial charge is 0.191 e. The number of rotatable bonds is 4. The summed E-state index contributed by atoms with van der Waals surface area (Å²) < 4.78 is 10.6. The summed E-state index contributed by atoms with van der Waals surface area (Å²) in [6.45, 7) is 18.9. The van der Waals surface area contributed by atoms with Crippen LogP contribution in [0.5, 0.6) is 0 Å². The summed E-state index contributed by atoms with van der Waals surface area (Å²) in [7, 11) is 3.87. The van der Waals surface area contributed by atoms with Gasteiger partial charge in [0.05, 0.1) is 17.6 Å². The lowest BCUT2D eigenvalue weighted by atomic mass is 10.1. The number of oxazole rings is 1. The second-order valence-electron chi connectivity index (χ2n) is 9.70. The molecule has 4 rings (SSSR count). The van der Waals surface area contributed by atoms with E-state index in [1.54, 1.807) is 12.5 Å². The van der Waals surface area contributed by atoms with Crippen molar-refractivity contribution in [2.24, 2.45) is 14.1 Å². The molecule has 0 fully saturated rings. The molecule has 4 heterocycles. The predicted molar refractivity (Wildman–Crippen MR) is 156 cm³/mol. The van der Waals surface area contributed by atoms with E-state index < -0.39 is 0 Å². The third kappa shape index (κ3) is 14.2. The lowest BCUT2D eigenvalue weighted by Crippen LogP contribution is -1.99. The van der Waals surface area contributed by atoms with Gasteiger partial charge in [-0.15, -0.1) is 0 Å². The van der Waals surface area contributed by atoms with E-state index in [-0.39, 0.29) is 14.9 Å². The van der Waals surface area contributed by atoms with Crippen LogP contribution < -0.4 is 0 Å². The summed E-state index contributed by atoms with van der Waals surface area (Å²) in [6, 6.07) is 4.47. The quantitative estimate of drug-likeness (QED) is 0.276. The average Bonchev–Trinajstić information content (AvgIpc) is 3.57. The van der Waals surface area contributed by atoms with E-state index in [4.69, 9.17) is 4.42 Å². The average molecular weight is 516 g/mol. The predicted octanol–water partition coefficient (Wildman–Crippen LogP) is 7.93. The van der Waals surface area contributed by atoms with Gasteiger partial charge in [0, 0.05) is 51.8 Å². The van der Waals surface area contributed by atoms with Gasteiger partial charge >= 0.3 is 0 Å². The first-order chi connectivity index (χ1) is 16.4. The van der Waals surface area contributed by atoms with Crippen molar-refractivity contribution < 1.29 is 4.42 Å². The molecule has 37 heavy (non-hydrogen) atoms. The normalized spacial score (nSPS) is 10.0. The maximum Gasteiger partial charge on any atom is 0.191 e. The van der Waals surface area contributed by atoms with E-state index >= 15 is 0 Å². The molecular formula is C29H53N7O. The molecule has 0 amide bonds. The minimum Gasteiger partial charge on any atom is -0.449 e. The molecule has 0 aliphatic carbocycles. The lowest BCUT2D eigenvalue weighted by Gasteiger charge is -2.01. The minimum atomic E-state index is 0. The first kappa shape index (κ1) is 36.0. The van der Waals surface area contributed by atoms with Crippen LogP contribution >= 0.6 is 0 Å². The number of hydrogen-bond acceptors (Lipinski definition) is 5. The third-order valence-electron chi connectivity index (χ3n) is 5.00. The van der Waals surface area contributed by atoms with Gasteiger partial charge in [-0.3, -0.25) is 14.0 Å². The molecular weight excluding hydrogens is 462 g/mol. The molecule has 0 saturated carbocycles. The van der Waals surface area contributed by atoms with E-state index in [0.29, 0.717) is 23.8 Å². The third-order valence-corrected chi connectivity index (χ3v) is 5.00. The Labute approximate surface area is 226 Å². The van der Waals surface area contributed by atoms with Crippen molar-refractivity contribution in [3.63, 3.8) is 0 Å². The highest BCUT2D eigenvalue weighted by molar-refractivity contribution is 5.08. The van der Waals surface area contributed by atoms with Crippen molar-refractivity contribution in [1.82, 2.24) is 34.3 Å². The van der Waals surface area contributed by atoms with Crippen molar-refractivity contribution in [1.29, 1.82) is 0 Å². The first-order valence-electron chi connectivity index (χ1n) is 12.3. The highest BCUT2D eigenvalue weighted by Crippen LogP contribution is 2.12. The molecule has 0 radical (unpaired) electrons. The molecule has 0 aromatic carbocycles. The summed E-state index contributed by atoms with van der Waals surface area (Å²) in [4.78, 5) is 4.14. The molecule has 0 aliphatic heterocycles. The van der Waals surface area contributed by atoms with Gasteiger partial charge in [-0.25, -0.2) is 4.98 Å². The standard InChI is InChI=1S/2C7H12N2.C7H11NO.C6H10N2.2CH4/c1-6(2)7-4-8-9(3)5-7;1-6(2)7-4-5-9(3)8-7;1-5(2)7-4-9-6(3)8-7;1-6(2)8-5-3-4-7-8;;/h2*4-6H,1-3H3;4-5H,1-3H3;3-6H,1-2H3;2*1H4. The zero-order valence-corrected chi connectivity index (χ0v) is 23.5. The lowest BCUT2D eigenvalue weighted by molar-refractivity contribution is 0.520. The molecule has 4 aromatic heterocycles. The Kier molecular flexibility index (Phi) is 17.6. The highest BCUT2D eigenvalue weighted by Gasteiger charge is 2.02. The van der Waals surface area contributed by atoms with Gasteiger partial charge in [-0.2, -0.15) is 15.3 Å². The molecule has 210 valence electrons. The number of nitrogens with zero attached hydrogens (tertiary/aromatic N) is 7. The SMILES string of the molecule is C.C.CC(C)c1ccn(C)n1.CC(C)c1cnn(C)c1.CC(C)n1cccn1.Cc1nc(C(C)C)co1. The van der Waals surface area contributed by atoms with E-state index in [1.165, 1.54) is 5.56 Å². The fraction of sp³-hybridized carbons (Fsp3) is 0.586. The van der Waals surface area contributed by atoms with Gasteiger partial charge in [0.1, 0.15) is 6.26 Å². The van der Waals surface area contributed by atoms with E-state index in [1.807, 2.05) is 72.0 Å². The Morgan fingerprint density at radius 1 is 0.784 bits per heavy atom. The molecule has 0 spiro atoms. The Morgan fingerprint density at radius 2 is 1.41 bits per heavy atom. The zero-order valence-electron chi connectivity index (χ0n) is 23.5. The summed E-state index contributed by atoms with van der Waals surface area (Å²) >= 11 is 0. The van der Waals surface area contributed by atoms with E-state index in [2.05, 4.69) is 75.7 Å². The second-order valence-corrected chi connectivity index (χ2v) is 9.70. The van der Waals surface area contributed by atoms with Crippen LogP contribution in [-0.2, 0) is 14.1 Å². The van der Waals surface area contributed by atoms with Crippen molar-refractivity contribution in [2.75, 3.05) is 0 Å². The van der Waals surface area contributed by atoms with Crippen LogP contribution in [0.25, 0.3) is 0 Å². The van der Waals surface area contributed by atoms with Crippen LogP contribution in [0.1, 0.15) is 117 Å². The summed E-state index contributed by atoms with van der Waals surface area (Å²) in [5.41, 5.74) is 3.50. The fourth-order valence-electron chi connectivity index (χ4n) is 2.71. The summed E-state index contributed by atoms with van der Waals surface area (Å²) in [5, 5.41) is 12.3. The second kappa shape index (κ2) is 18.1. The zero-order chi connectivity index (χ0) is 26.5. The number of aryl methyl sites for hydroxylation is 3. The number of aromatic nitrogens is 7. The van der Waals surface area contributed by atoms with Crippen molar-refractivity contribution in [2.45, 2.75) is 101 Å². The summed E-state index contributed by atoms with van der Waals surface area (Å²) in [6.07, 6.45) is 11.4. The largest absolute Gasteiger partial charge is 0.449 e. The van der Waals surface area contributed by atoms with Gasteiger partial charge in [0.2, 0.25) is 0 Å². The molecule has 0 bridgehead atoms. The molecule has 0 unspecified atom stereocenters. The van der Waals surface area contributed by atoms with Crippen LogP contribution in [0.3, 0.4) is 0 Å². The molecule has 0 atom stereocenters. The van der Waals surface area contributed by atoms with Gasteiger partial charge < -0.3 is 4.42 Å². The number of hydrogen-bond donors (Lipinski definition) is 0. The molecule has 8 nitrogen and oxygen atoms in total. The topological polar surface area (TPSA) is 79.5 Å². The Bertz CT molecular complexity index is 949. The monoisotopic (exact) mass is 515 g/mol. The van der Waals surface area contributed by atoms with Gasteiger partial charge in [0.25, 0.3) is 0 Å². The Hall–Kier alpha value is -3.16. The maximum absolute atomic E-state index is 5.01. The molecule has 0 N–H and O–H groups in total. The highest BCUT2D eigenvalue weighted by atomic mass is 16.3. The fourth-order valence-corrected chi connectivity index (χ4v) is 2.71. The van der Waals surface area contributed by atoms with E-state index in [9.17, 15) is 0 Å². The van der Waals surface area contributed by atoms with Gasteiger partial charge in [-0.1, -0.05) is 56.4 Å². The van der Waals surface area contributed by atoms with Gasteiger partial charge in [0.15, 0.2) is 5.89 Å². The van der Waals surface area contributed by atoms with Crippen LogP contribution in [-0.4, -0.2) is 34.3 Å². The van der Waals surface area contributed by atoms with Crippen LogP contribution in [0, 0.1) is 6.92 Å². The Balaban J connectivity index is 0. The van der Waals surface area contributed by atoms with Gasteiger partial charge in [-0.05, 0) is 49.3 Å². The van der Waals surface area contributed by atoms with Crippen molar-refractivity contribution >= 4 is 0 Å². The Morgan fingerprint density at radius 3 is 1.62 bits per heavy atom. The minimum absolute atomic E-state index is 0. The van der Waals surface area contributed by atoms with E-state index in [0.717, 1.165) is 17.3 Å². The van der Waals surface area contributed by atoms with Crippen LogP contribution in [0.4, 0.5) is 0 Å². The molecule has 0 saturated heterocycles. The maximum atomic E-state index is 5.01. The van der Waals surface area contributed by atoms with Crippen molar-refractivity contribution in [3.05, 3.63) is 72.2 Å². The molecule has 4 aromatic rings. The van der Waals surface area contributed by atoms with Crippen LogP contribution in [0.15, 0.2) is 53.8 Å². The van der Waals surface area contributed by atoms with Crippen molar-refractivity contribution in [3.8, 4) is 0 Å².